The van der Waals surface area contributed by atoms with Crippen molar-refractivity contribution in [3.05, 3.63) is 22.7 Å². The number of nitrogen functional groups attached to an aromatic ring is 1. The number of rotatable bonds is 7. The molecule has 0 aromatic carbocycles. The van der Waals surface area contributed by atoms with E-state index < -0.39 is 56.6 Å². The minimum Gasteiger partial charge on any atom is -0.480 e. The van der Waals surface area contributed by atoms with Crippen LogP contribution in [0.3, 0.4) is 0 Å². The molecule has 1 aliphatic heterocycles. The number of hydrogen-bond donors (Lipinski definition) is 6. The molecule has 0 aliphatic carbocycles. The first kappa shape index (κ1) is 20.5. The van der Waals surface area contributed by atoms with E-state index in [1.54, 1.807) is 0 Å². The van der Waals surface area contributed by atoms with E-state index >= 15 is 0 Å². The number of hydrogen-bond acceptors (Lipinski definition) is 9. The molecule has 0 amide bonds. The van der Waals surface area contributed by atoms with Gasteiger partial charge in [-0.2, -0.15) is 4.98 Å². The monoisotopic (exact) mass is 394 g/mol. The molecule has 0 saturated carbocycles. The Balaban J connectivity index is 2.04. The summed E-state index contributed by atoms with van der Waals surface area (Å²) < 4.78 is 22.7. The number of aliphatic hydroxyl groups excluding tert-OH is 2. The number of anilines is 1. The molecule has 0 radical (unpaired) electrons. The first-order valence-corrected chi connectivity index (χ1v) is 8.94. The molecule has 1 aromatic rings. The zero-order chi connectivity index (χ0) is 19.6. The number of aromatic nitrogens is 2. The highest BCUT2D eigenvalue weighted by atomic mass is 31.2. The normalized spacial score (nSPS) is 29.2. The minimum absolute atomic E-state index is 0.0426. The highest BCUT2D eigenvalue weighted by molar-refractivity contribution is 7.50. The third-order valence-corrected chi connectivity index (χ3v) is 4.82. The number of ether oxygens (including phenoxy) is 1. The summed E-state index contributed by atoms with van der Waals surface area (Å²) in [5.74, 6) is -1.41. The van der Waals surface area contributed by atoms with Gasteiger partial charge in [0, 0.05) is 6.20 Å². The van der Waals surface area contributed by atoms with E-state index in [0.717, 1.165) is 11.5 Å². The van der Waals surface area contributed by atoms with Gasteiger partial charge < -0.3 is 30.7 Å². The second kappa shape index (κ2) is 7.80. The Morgan fingerprint density at radius 2 is 2.19 bits per heavy atom. The summed E-state index contributed by atoms with van der Waals surface area (Å²) in [7, 11) is -4.51. The molecule has 26 heavy (non-hydrogen) atoms. The van der Waals surface area contributed by atoms with Gasteiger partial charge in [-0.3, -0.25) is 13.9 Å². The Labute approximate surface area is 146 Å². The van der Waals surface area contributed by atoms with Crippen LogP contribution in [0.4, 0.5) is 5.82 Å². The number of aliphatic hydroxyl groups is 2. The van der Waals surface area contributed by atoms with Crippen molar-refractivity contribution in [2.75, 3.05) is 12.3 Å². The number of carbonyl (C=O) groups is 1. The summed E-state index contributed by atoms with van der Waals surface area (Å²) in [5, 5.41) is 30.6. The average Bonchev–Trinajstić information content (AvgIpc) is 2.81. The number of aliphatic carboxylic acids is 1. The highest BCUT2D eigenvalue weighted by Crippen LogP contribution is 2.39. The fourth-order valence-corrected chi connectivity index (χ4v) is 3.25. The summed E-state index contributed by atoms with van der Waals surface area (Å²) in [6, 6.07) is -0.0784. The smallest absolute Gasteiger partial charge is 0.403 e. The Kier molecular flexibility index (Phi) is 6.13. The molecule has 1 saturated heterocycles. The topological polar surface area (TPSA) is 206 Å². The van der Waals surface area contributed by atoms with Gasteiger partial charge >= 0.3 is 19.4 Å². The molecule has 0 spiro atoms. The molecule has 1 aliphatic rings. The van der Waals surface area contributed by atoms with Crippen molar-refractivity contribution in [3.8, 4) is 0 Å². The van der Waals surface area contributed by atoms with Gasteiger partial charge in [0.25, 0.3) is 0 Å². The molecular weight excluding hydrogens is 375 g/mol. The fraction of sp³-hybridized carbons (Fsp3) is 0.583. The van der Waals surface area contributed by atoms with Gasteiger partial charge in [-0.05, 0) is 13.0 Å². The van der Waals surface area contributed by atoms with Gasteiger partial charge in [-0.1, -0.05) is 0 Å². The Bertz CT molecular complexity index is 771. The maximum Gasteiger partial charge on any atom is 0.403 e. The van der Waals surface area contributed by atoms with Crippen LogP contribution >= 0.6 is 7.75 Å². The van der Waals surface area contributed by atoms with Crippen molar-refractivity contribution in [2.45, 2.75) is 37.5 Å². The van der Waals surface area contributed by atoms with E-state index in [0.29, 0.717) is 0 Å². The first-order chi connectivity index (χ1) is 12.0. The molecule has 146 valence electrons. The molecule has 13 nitrogen and oxygen atoms in total. The molecule has 1 fully saturated rings. The molecule has 0 bridgehead atoms. The van der Waals surface area contributed by atoms with E-state index in [9.17, 15) is 29.3 Å². The van der Waals surface area contributed by atoms with E-state index in [4.69, 9.17) is 20.1 Å². The zero-order valence-electron chi connectivity index (χ0n) is 13.5. The van der Waals surface area contributed by atoms with Crippen LogP contribution in [0.1, 0.15) is 13.2 Å². The molecule has 7 N–H and O–H groups in total. The molecule has 1 aromatic heterocycles. The van der Waals surface area contributed by atoms with Crippen molar-refractivity contribution < 1.29 is 38.8 Å². The second-order valence-electron chi connectivity index (χ2n) is 5.59. The van der Waals surface area contributed by atoms with Crippen molar-refractivity contribution in [1.82, 2.24) is 14.6 Å². The second-order valence-corrected chi connectivity index (χ2v) is 7.15. The van der Waals surface area contributed by atoms with Crippen LogP contribution in [0.2, 0.25) is 0 Å². The molecular formula is C12H19N4O9P. The highest BCUT2D eigenvalue weighted by Gasteiger charge is 2.45. The minimum atomic E-state index is -4.51. The molecule has 2 rings (SSSR count). The first-order valence-electron chi connectivity index (χ1n) is 7.36. The lowest BCUT2D eigenvalue weighted by Gasteiger charge is -2.19. The summed E-state index contributed by atoms with van der Waals surface area (Å²) in [5.41, 5.74) is 4.54. The van der Waals surface area contributed by atoms with Crippen LogP contribution in [0, 0.1) is 0 Å². The van der Waals surface area contributed by atoms with Crippen molar-refractivity contribution in [3.63, 3.8) is 0 Å². The van der Waals surface area contributed by atoms with Crippen LogP contribution in [-0.4, -0.2) is 66.7 Å². The van der Waals surface area contributed by atoms with Gasteiger partial charge in [-0.25, -0.2) is 14.4 Å². The lowest BCUT2D eigenvalue weighted by Crippen LogP contribution is -2.36. The van der Waals surface area contributed by atoms with E-state index in [-0.39, 0.29) is 5.82 Å². The van der Waals surface area contributed by atoms with Gasteiger partial charge in [0.1, 0.15) is 30.2 Å². The summed E-state index contributed by atoms with van der Waals surface area (Å²) >= 11 is 0. The number of nitrogens with two attached hydrogens (primary N) is 1. The Hall–Kier alpha value is -1.86. The van der Waals surface area contributed by atoms with Crippen LogP contribution < -0.4 is 16.5 Å². The van der Waals surface area contributed by atoms with Crippen LogP contribution in [0.25, 0.3) is 0 Å². The van der Waals surface area contributed by atoms with Crippen molar-refractivity contribution in [2.24, 2.45) is 0 Å². The maximum absolute atomic E-state index is 11.8. The molecule has 14 heteroatoms. The lowest BCUT2D eigenvalue weighted by atomic mass is 10.1. The summed E-state index contributed by atoms with van der Waals surface area (Å²) in [6.07, 6.45) is -4.45. The predicted octanol–water partition coefficient (Wildman–Crippen LogP) is -2.38. The quantitative estimate of drug-likeness (QED) is 0.268. The van der Waals surface area contributed by atoms with Crippen molar-refractivity contribution in [1.29, 1.82) is 0 Å². The Morgan fingerprint density at radius 3 is 2.77 bits per heavy atom. The molecule has 2 heterocycles. The third kappa shape index (κ3) is 4.65. The average molecular weight is 394 g/mol. The van der Waals surface area contributed by atoms with Crippen LogP contribution in [0.15, 0.2) is 17.1 Å². The SMILES string of the molecule is C[C@H](NP(=O)(O)OCC1OC(n2ccc(N)nc2=O)C(O)C1O)C(=O)O. The number of nitrogens with zero attached hydrogens (tertiary/aromatic N) is 2. The van der Waals surface area contributed by atoms with Crippen molar-refractivity contribution >= 4 is 19.5 Å². The van der Waals surface area contributed by atoms with Crippen LogP contribution in [0.5, 0.6) is 0 Å². The summed E-state index contributed by atoms with van der Waals surface area (Å²) in [4.78, 5) is 35.6. The van der Waals surface area contributed by atoms with E-state index in [1.807, 2.05) is 5.09 Å². The van der Waals surface area contributed by atoms with Gasteiger partial charge in [-0.15, -0.1) is 0 Å². The van der Waals surface area contributed by atoms with Gasteiger partial charge in [0.15, 0.2) is 6.23 Å². The number of carboxylic acids is 1. The summed E-state index contributed by atoms with van der Waals surface area (Å²) in [6.45, 7) is 0.481. The largest absolute Gasteiger partial charge is 0.480 e. The predicted molar refractivity (Wildman–Crippen MR) is 84.8 cm³/mol. The van der Waals surface area contributed by atoms with E-state index in [2.05, 4.69) is 4.98 Å². The zero-order valence-corrected chi connectivity index (χ0v) is 14.4. The number of carboxylic acid groups (broad SMARTS) is 1. The molecule has 6 atom stereocenters. The standard InChI is InChI=1S/C12H19N4O9P/c1-5(11(19)20)15-26(22,23)24-4-6-8(17)9(18)10(25-6)16-3-2-7(13)14-12(16)21/h2-3,5-6,8-10,17-18H,4H2,1H3,(H,19,20)(H2,13,14,21)(H2,15,22,23)/t5-,6?,8?,9?,10?/m0/s1. The van der Waals surface area contributed by atoms with E-state index in [1.165, 1.54) is 12.3 Å². The Morgan fingerprint density at radius 1 is 1.54 bits per heavy atom. The number of nitrogens with one attached hydrogen (secondary N) is 1. The van der Waals surface area contributed by atoms with Crippen LogP contribution in [-0.2, 0) is 18.6 Å². The molecule has 5 unspecified atom stereocenters. The fourth-order valence-electron chi connectivity index (χ4n) is 2.23. The maximum atomic E-state index is 11.8. The van der Waals surface area contributed by atoms with Gasteiger partial charge in [0.05, 0.1) is 6.61 Å². The van der Waals surface area contributed by atoms with Gasteiger partial charge in [0.2, 0.25) is 0 Å². The lowest BCUT2D eigenvalue weighted by molar-refractivity contribution is -0.138. The third-order valence-electron chi connectivity index (χ3n) is 3.60.